The highest BCUT2D eigenvalue weighted by Crippen LogP contribution is 2.21. The molecule has 20 heavy (non-hydrogen) atoms. The molecule has 2 N–H and O–H groups in total. The third-order valence-corrected chi connectivity index (χ3v) is 3.41. The van der Waals surface area contributed by atoms with Crippen LogP contribution in [0.4, 0.5) is 10.1 Å². The van der Waals surface area contributed by atoms with Crippen molar-refractivity contribution in [2.24, 2.45) is 0 Å². The SMILES string of the molecule is CC(c1ccc(F)cc1)N(C)C(=O)c1ccc(N)cc1. The van der Waals surface area contributed by atoms with Crippen LogP contribution in [0.5, 0.6) is 0 Å². The normalized spacial score (nSPS) is 11.9. The molecule has 0 fully saturated rings. The molecular formula is C16H17FN2O. The molecule has 0 bridgehead atoms. The molecule has 2 aromatic carbocycles. The average Bonchev–Trinajstić information content (AvgIpc) is 2.46. The van der Waals surface area contributed by atoms with Crippen molar-refractivity contribution in [3.63, 3.8) is 0 Å². The summed E-state index contributed by atoms with van der Waals surface area (Å²) >= 11 is 0. The highest BCUT2D eigenvalue weighted by atomic mass is 19.1. The van der Waals surface area contributed by atoms with E-state index < -0.39 is 0 Å². The minimum absolute atomic E-state index is 0.0955. The van der Waals surface area contributed by atoms with E-state index in [1.54, 1.807) is 48.3 Å². The summed E-state index contributed by atoms with van der Waals surface area (Å²) in [6.45, 7) is 1.91. The second kappa shape index (κ2) is 5.74. The monoisotopic (exact) mass is 272 g/mol. The predicted octanol–water partition coefficient (Wildman–Crippen LogP) is 3.24. The fourth-order valence-electron chi connectivity index (χ4n) is 1.97. The van der Waals surface area contributed by atoms with Crippen LogP contribution in [0.1, 0.15) is 28.9 Å². The summed E-state index contributed by atoms with van der Waals surface area (Å²) in [6, 6.07) is 12.8. The molecule has 0 saturated carbocycles. The predicted molar refractivity (Wildman–Crippen MR) is 77.8 cm³/mol. The molecule has 2 aromatic rings. The topological polar surface area (TPSA) is 46.3 Å². The van der Waals surface area contributed by atoms with Gasteiger partial charge in [0.1, 0.15) is 5.82 Å². The maximum atomic E-state index is 12.9. The highest BCUT2D eigenvalue weighted by molar-refractivity contribution is 5.94. The summed E-state index contributed by atoms with van der Waals surface area (Å²) in [7, 11) is 1.73. The number of halogens is 1. The number of amides is 1. The molecule has 0 radical (unpaired) electrons. The second-order valence-corrected chi connectivity index (χ2v) is 4.77. The van der Waals surface area contributed by atoms with Crippen molar-refractivity contribution in [3.05, 3.63) is 65.5 Å². The number of nitrogens with zero attached hydrogens (tertiary/aromatic N) is 1. The van der Waals surface area contributed by atoms with Gasteiger partial charge in [0.05, 0.1) is 6.04 Å². The van der Waals surface area contributed by atoms with E-state index in [4.69, 9.17) is 5.73 Å². The first-order valence-electron chi connectivity index (χ1n) is 6.37. The van der Waals surface area contributed by atoms with Gasteiger partial charge in [0.15, 0.2) is 0 Å². The molecule has 0 aliphatic rings. The van der Waals surface area contributed by atoms with Gasteiger partial charge < -0.3 is 10.6 Å². The first-order valence-corrected chi connectivity index (χ1v) is 6.37. The van der Waals surface area contributed by atoms with Crippen molar-refractivity contribution in [1.29, 1.82) is 0 Å². The van der Waals surface area contributed by atoms with Crippen LogP contribution >= 0.6 is 0 Å². The number of nitrogens with two attached hydrogens (primary N) is 1. The summed E-state index contributed by atoms with van der Waals surface area (Å²) in [5.41, 5.74) is 7.69. The van der Waals surface area contributed by atoms with Crippen molar-refractivity contribution in [1.82, 2.24) is 4.90 Å². The van der Waals surface area contributed by atoms with Crippen LogP contribution < -0.4 is 5.73 Å². The number of carbonyl (C=O) groups excluding carboxylic acids is 1. The van der Waals surface area contributed by atoms with E-state index in [1.807, 2.05) is 6.92 Å². The summed E-state index contributed by atoms with van der Waals surface area (Å²) in [4.78, 5) is 14.0. The number of benzene rings is 2. The smallest absolute Gasteiger partial charge is 0.254 e. The van der Waals surface area contributed by atoms with E-state index in [-0.39, 0.29) is 17.8 Å². The fraction of sp³-hybridized carbons (Fsp3) is 0.188. The molecule has 0 aliphatic carbocycles. The van der Waals surface area contributed by atoms with Crippen molar-refractivity contribution in [2.75, 3.05) is 12.8 Å². The second-order valence-electron chi connectivity index (χ2n) is 4.77. The van der Waals surface area contributed by atoms with Gasteiger partial charge in [-0.25, -0.2) is 4.39 Å². The summed E-state index contributed by atoms with van der Waals surface area (Å²) in [5, 5.41) is 0. The Bertz CT molecular complexity index is 593. The highest BCUT2D eigenvalue weighted by Gasteiger charge is 2.18. The van der Waals surface area contributed by atoms with Gasteiger partial charge in [-0.3, -0.25) is 4.79 Å². The Morgan fingerprint density at radius 3 is 2.20 bits per heavy atom. The standard InChI is InChI=1S/C16H17FN2O/c1-11(12-3-7-14(17)8-4-12)19(2)16(20)13-5-9-15(18)10-6-13/h3-11H,18H2,1-2H3. The lowest BCUT2D eigenvalue weighted by Gasteiger charge is -2.25. The largest absolute Gasteiger partial charge is 0.399 e. The Morgan fingerprint density at radius 1 is 1.10 bits per heavy atom. The van der Waals surface area contributed by atoms with Crippen LogP contribution in [0.3, 0.4) is 0 Å². The van der Waals surface area contributed by atoms with E-state index >= 15 is 0 Å². The molecule has 0 saturated heterocycles. The van der Waals surface area contributed by atoms with Crippen molar-refractivity contribution >= 4 is 11.6 Å². The molecule has 0 aliphatic heterocycles. The van der Waals surface area contributed by atoms with Crippen LogP contribution in [0.25, 0.3) is 0 Å². The number of rotatable bonds is 3. The number of hydrogen-bond donors (Lipinski definition) is 1. The molecule has 1 unspecified atom stereocenters. The van der Waals surface area contributed by atoms with Gasteiger partial charge in [0.25, 0.3) is 5.91 Å². The lowest BCUT2D eigenvalue weighted by molar-refractivity contribution is 0.0742. The van der Waals surface area contributed by atoms with Gasteiger partial charge in [-0.1, -0.05) is 12.1 Å². The van der Waals surface area contributed by atoms with E-state index in [9.17, 15) is 9.18 Å². The molecule has 0 aromatic heterocycles. The lowest BCUT2D eigenvalue weighted by Crippen LogP contribution is -2.29. The van der Waals surface area contributed by atoms with Gasteiger partial charge in [0.2, 0.25) is 0 Å². The summed E-state index contributed by atoms with van der Waals surface area (Å²) in [6.07, 6.45) is 0. The van der Waals surface area contributed by atoms with Crippen LogP contribution in [0.2, 0.25) is 0 Å². The molecule has 2 rings (SSSR count). The number of hydrogen-bond acceptors (Lipinski definition) is 2. The van der Waals surface area contributed by atoms with Crippen molar-refractivity contribution in [3.8, 4) is 0 Å². The van der Waals surface area contributed by atoms with Gasteiger partial charge in [-0.15, -0.1) is 0 Å². The first kappa shape index (κ1) is 14.1. The van der Waals surface area contributed by atoms with Gasteiger partial charge in [0, 0.05) is 18.3 Å². The first-order chi connectivity index (χ1) is 9.49. The molecule has 1 atom stereocenters. The van der Waals surface area contributed by atoms with Gasteiger partial charge >= 0.3 is 0 Å². The summed E-state index contributed by atoms with van der Waals surface area (Å²) in [5.74, 6) is -0.379. The van der Waals surface area contributed by atoms with Crippen LogP contribution in [0.15, 0.2) is 48.5 Å². The minimum atomic E-state index is -0.284. The lowest BCUT2D eigenvalue weighted by atomic mass is 10.1. The van der Waals surface area contributed by atoms with E-state index in [0.717, 1.165) is 5.56 Å². The molecule has 0 heterocycles. The van der Waals surface area contributed by atoms with E-state index in [2.05, 4.69) is 0 Å². The third kappa shape index (κ3) is 2.96. The maximum absolute atomic E-state index is 12.9. The van der Waals surface area contributed by atoms with Gasteiger partial charge in [-0.05, 0) is 48.9 Å². The van der Waals surface area contributed by atoms with Gasteiger partial charge in [-0.2, -0.15) is 0 Å². The molecule has 104 valence electrons. The Morgan fingerprint density at radius 2 is 1.65 bits per heavy atom. The Hall–Kier alpha value is -2.36. The van der Waals surface area contributed by atoms with E-state index in [1.165, 1.54) is 12.1 Å². The molecule has 4 heteroatoms. The number of carbonyl (C=O) groups is 1. The molecule has 3 nitrogen and oxygen atoms in total. The fourth-order valence-corrected chi connectivity index (χ4v) is 1.97. The molecular weight excluding hydrogens is 255 g/mol. The van der Waals surface area contributed by atoms with Crippen LogP contribution in [-0.4, -0.2) is 17.9 Å². The van der Waals surface area contributed by atoms with Crippen molar-refractivity contribution < 1.29 is 9.18 Å². The molecule has 0 spiro atoms. The Balaban J connectivity index is 2.17. The zero-order chi connectivity index (χ0) is 14.7. The molecule has 1 amide bonds. The quantitative estimate of drug-likeness (QED) is 0.872. The zero-order valence-corrected chi connectivity index (χ0v) is 11.5. The minimum Gasteiger partial charge on any atom is -0.399 e. The number of nitrogen functional groups attached to an aromatic ring is 1. The maximum Gasteiger partial charge on any atom is 0.254 e. The van der Waals surface area contributed by atoms with Crippen LogP contribution in [-0.2, 0) is 0 Å². The Kier molecular flexibility index (Phi) is 4.03. The number of anilines is 1. The third-order valence-electron chi connectivity index (χ3n) is 3.41. The van der Waals surface area contributed by atoms with Crippen molar-refractivity contribution in [2.45, 2.75) is 13.0 Å². The average molecular weight is 272 g/mol. The zero-order valence-electron chi connectivity index (χ0n) is 11.5. The van der Waals surface area contributed by atoms with E-state index in [0.29, 0.717) is 11.3 Å². The summed E-state index contributed by atoms with van der Waals surface area (Å²) < 4.78 is 12.9. The van der Waals surface area contributed by atoms with Crippen LogP contribution in [0, 0.1) is 5.82 Å². The Labute approximate surface area is 117 Å².